The number of sulfonamides is 1. The Morgan fingerprint density at radius 1 is 1.32 bits per heavy atom. The van der Waals surface area contributed by atoms with Gasteiger partial charge in [-0.25, -0.2) is 12.7 Å². The van der Waals surface area contributed by atoms with Gasteiger partial charge in [0.1, 0.15) is 0 Å². The third kappa shape index (κ3) is 4.45. The molecule has 2 rings (SSSR count). The molecule has 1 atom stereocenters. The highest BCUT2D eigenvalue weighted by atomic mass is 35.5. The molecule has 0 aromatic heterocycles. The van der Waals surface area contributed by atoms with Crippen molar-refractivity contribution in [2.45, 2.75) is 18.9 Å². The Labute approximate surface area is 121 Å². The number of benzene rings is 1. The maximum absolute atomic E-state index is 12.2. The minimum absolute atomic E-state index is 0. The zero-order valence-electron chi connectivity index (χ0n) is 11.1. The van der Waals surface area contributed by atoms with Gasteiger partial charge in [0.2, 0.25) is 10.0 Å². The molecular formula is C13H21ClN2O2S. The van der Waals surface area contributed by atoms with E-state index in [1.54, 1.807) is 7.05 Å². The minimum atomic E-state index is -3.15. The molecule has 108 valence electrons. The van der Waals surface area contributed by atoms with Gasteiger partial charge >= 0.3 is 0 Å². The van der Waals surface area contributed by atoms with E-state index in [2.05, 4.69) is 5.32 Å². The molecule has 1 unspecified atom stereocenters. The highest BCUT2D eigenvalue weighted by Gasteiger charge is 2.28. The van der Waals surface area contributed by atoms with E-state index in [1.165, 1.54) is 4.31 Å². The topological polar surface area (TPSA) is 49.4 Å². The van der Waals surface area contributed by atoms with Crippen molar-refractivity contribution in [3.63, 3.8) is 0 Å². The van der Waals surface area contributed by atoms with E-state index in [4.69, 9.17) is 0 Å². The summed E-state index contributed by atoms with van der Waals surface area (Å²) in [6.07, 6.45) is 1.48. The molecule has 1 aromatic carbocycles. The van der Waals surface area contributed by atoms with E-state index in [0.717, 1.165) is 25.1 Å². The Balaban J connectivity index is 0.00000180. The molecular weight excluding hydrogens is 284 g/mol. The van der Waals surface area contributed by atoms with Gasteiger partial charge in [-0.1, -0.05) is 30.3 Å². The molecule has 0 amide bonds. The van der Waals surface area contributed by atoms with Gasteiger partial charge in [0.05, 0.1) is 5.75 Å². The summed E-state index contributed by atoms with van der Waals surface area (Å²) in [5.41, 5.74) is 1.07. The van der Waals surface area contributed by atoms with Crippen LogP contribution >= 0.6 is 12.4 Å². The highest BCUT2D eigenvalue weighted by Crippen LogP contribution is 2.13. The molecule has 1 heterocycles. The summed E-state index contributed by atoms with van der Waals surface area (Å²) >= 11 is 0. The maximum atomic E-state index is 12.2. The minimum Gasteiger partial charge on any atom is -0.315 e. The monoisotopic (exact) mass is 304 g/mol. The molecule has 0 bridgehead atoms. The van der Waals surface area contributed by atoms with Crippen LogP contribution in [0.15, 0.2) is 30.3 Å². The van der Waals surface area contributed by atoms with E-state index in [1.807, 2.05) is 30.3 Å². The first-order chi connectivity index (χ1) is 8.59. The van der Waals surface area contributed by atoms with Gasteiger partial charge in [0.25, 0.3) is 0 Å². The van der Waals surface area contributed by atoms with Gasteiger partial charge in [0, 0.05) is 19.6 Å². The van der Waals surface area contributed by atoms with E-state index in [9.17, 15) is 8.42 Å². The van der Waals surface area contributed by atoms with Crippen molar-refractivity contribution in [3.05, 3.63) is 35.9 Å². The highest BCUT2D eigenvalue weighted by molar-refractivity contribution is 7.89. The fourth-order valence-corrected chi connectivity index (χ4v) is 3.63. The molecule has 1 aliphatic rings. The largest absolute Gasteiger partial charge is 0.315 e. The Morgan fingerprint density at radius 2 is 2.00 bits per heavy atom. The number of aryl methyl sites for hydroxylation is 1. The summed E-state index contributed by atoms with van der Waals surface area (Å²) in [6, 6.07) is 9.86. The molecule has 0 aliphatic carbocycles. The molecule has 1 aromatic rings. The van der Waals surface area contributed by atoms with Crippen molar-refractivity contribution in [1.29, 1.82) is 0 Å². The number of nitrogens with zero attached hydrogens (tertiary/aromatic N) is 1. The van der Waals surface area contributed by atoms with Gasteiger partial charge < -0.3 is 5.32 Å². The molecule has 0 saturated carbocycles. The Bertz CT molecular complexity index is 473. The molecule has 0 radical (unpaired) electrons. The molecule has 0 spiro atoms. The van der Waals surface area contributed by atoms with Crippen LogP contribution in [-0.2, 0) is 16.4 Å². The van der Waals surface area contributed by atoms with Crippen molar-refractivity contribution in [1.82, 2.24) is 9.62 Å². The van der Waals surface area contributed by atoms with Crippen molar-refractivity contribution in [2.75, 3.05) is 25.9 Å². The lowest BCUT2D eigenvalue weighted by Crippen LogP contribution is -2.40. The molecule has 6 heteroatoms. The normalized spacial score (nSPS) is 19.4. The number of hydrogen-bond donors (Lipinski definition) is 1. The lowest BCUT2D eigenvalue weighted by Gasteiger charge is -2.23. The smallest absolute Gasteiger partial charge is 0.214 e. The van der Waals surface area contributed by atoms with E-state index in [0.29, 0.717) is 6.42 Å². The van der Waals surface area contributed by atoms with Crippen molar-refractivity contribution in [3.8, 4) is 0 Å². The number of likely N-dealkylation sites (N-methyl/N-ethyl adjacent to an activating group) is 1. The van der Waals surface area contributed by atoms with E-state index < -0.39 is 10.0 Å². The summed E-state index contributed by atoms with van der Waals surface area (Å²) in [6.45, 7) is 1.67. The van der Waals surface area contributed by atoms with Crippen LogP contribution in [0, 0.1) is 0 Å². The van der Waals surface area contributed by atoms with Gasteiger partial charge in [-0.2, -0.15) is 0 Å². The van der Waals surface area contributed by atoms with Crippen LogP contribution in [0.4, 0.5) is 0 Å². The first kappa shape index (κ1) is 16.4. The molecule has 1 saturated heterocycles. The van der Waals surface area contributed by atoms with Crippen LogP contribution < -0.4 is 5.32 Å². The van der Waals surface area contributed by atoms with Crippen molar-refractivity contribution >= 4 is 22.4 Å². The van der Waals surface area contributed by atoms with Gasteiger partial charge in [-0.15, -0.1) is 12.4 Å². The summed E-state index contributed by atoms with van der Waals surface area (Å²) in [5, 5.41) is 3.19. The first-order valence-corrected chi connectivity index (χ1v) is 7.91. The molecule has 4 nitrogen and oxygen atoms in total. The van der Waals surface area contributed by atoms with E-state index in [-0.39, 0.29) is 24.2 Å². The molecule has 19 heavy (non-hydrogen) atoms. The molecule has 1 aliphatic heterocycles. The van der Waals surface area contributed by atoms with Crippen molar-refractivity contribution in [2.24, 2.45) is 0 Å². The summed E-state index contributed by atoms with van der Waals surface area (Å²) in [4.78, 5) is 0. The zero-order valence-corrected chi connectivity index (χ0v) is 12.7. The second-order valence-electron chi connectivity index (χ2n) is 4.71. The lowest BCUT2D eigenvalue weighted by atomic mass is 10.2. The summed E-state index contributed by atoms with van der Waals surface area (Å²) in [7, 11) is -1.46. The van der Waals surface area contributed by atoms with Crippen LogP contribution in [0.5, 0.6) is 0 Å². The third-order valence-corrected chi connectivity index (χ3v) is 5.37. The number of nitrogens with one attached hydrogen (secondary N) is 1. The van der Waals surface area contributed by atoms with Crippen LogP contribution in [0.1, 0.15) is 12.0 Å². The fraction of sp³-hybridized carbons (Fsp3) is 0.538. The van der Waals surface area contributed by atoms with Crippen LogP contribution in [0.25, 0.3) is 0 Å². The predicted molar refractivity (Wildman–Crippen MR) is 80.2 cm³/mol. The summed E-state index contributed by atoms with van der Waals surface area (Å²) < 4.78 is 25.9. The van der Waals surface area contributed by atoms with Crippen LogP contribution in [0.2, 0.25) is 0 Å². The second kappa shape index (κ2) is 7.24. The van der Waals surface area contributed by atoms with Crippen LogP contribution in [-0.4, -0.2) is 44.7 Å². The maximum Gasteiger partial charge on any atom is 0.214 e. The standard InChI is InChI=1S/C13H20N2O2S.ClH/c1-15(13-7-9-14-11-13)18(16,17)10-8-12-5-3-2-4-6-12;/h2-6,13-14H,7-11H2,1H3;1H. The zero-order chi connectivity index (χ0) is 13.0. The fourth-order valence-electron chi connectivity index (χ4n) is 2.21. The van der Waals surface area contributed by atoms with Gasteiger partial charge in [0.15, 0.2) is 0 Å². The SMILES string of the molecule is CN(C1CCNC1)S(=O)(=O)CCc1ccccc1.Cl. The average molecular weight is 305 g/mol. The number of halogens is 1. The lowest BCUT2D eigenvalue weighted by molar-refractivity contribution is 0.387. The molecule has 1 fully saturated rings. The number of rotatable bonds is 5. The predicted octanol–water partition coefficient (Wildman–Crippen LogP) is 1.27. The third-order valence-electron chi connectivity index (χ3n) is 3.48. The second-order valence-corrected chi connectivity index (χ2v) is 6.86. The Hall–Kier alpha value is -0.620. The number of hydrogen-bond acceptors (Lipinski definition) is 3. The average Bonchev–Trinajstić information content (AvgIpc) is 2.90. The summed E-state index contributed by atoms with van der Waals surface area (Å²) in [5.74, 6) is 0.185. The van der Waals surface area contributed by atoms with Gasteiger partial charge in [-0.3, -0.25) is 0 Å². The Kier molecular flexibility index (Phi) is 6.26. The Morgan fingerprint density at radius 3 is 2.58 bits per heavy atom. The van der Waals surface area contributed by atoms with Crippen molar-refractivity contribution < 1.29 is 8.42 Å². The van der Waals surface area contributed by atoms with Crippen LogP contribution in [0.3, 0.4) is 0 Å². The first-order valence-electron chi connectivity index (χ1n) is 6.30. The molecule has 1 N–H and O–H groups in total. The van der Waals surface area contributed by atoms with E-state index >= 15 is 0 Å². The van der Waals surface area contributed by atoms with Gasteiger partial charge in [-0.05, 0) is 24.9 Å². The quantitative estimate of drug-likeness (QED) is 0.891.